The number of piperidine rings is 1. The fourth-order valence-corrected chi connectivity index (χ4v) is 4.57. The quantitative estimate of drug-likeness (QED) is 0.852. The molecule has 0 aromatic heterocycles. The average Bonchev–Trinajstić information content (AvgIpc) is 2.64. The maximum Gasteiger partial charge on any atom is 0.234 e. The van der Waals surface area contributed by atoms with Crippen LogP contribution >= 0.6 is 11.8 Å². The Kier molecular flexibility index (Phi) is 6.99. The lowest BCUT2D eigenvalue weighted by atomic mass is 10.0. The maximum absolute atomic E-state index is 12.1. The third-order valence-electron chi connectivity index (χ3n) is 5.07. The van der Waals surface area contributed by atoms with Crippen molar-refractivity contribution in [2.24, 2.45) is 0 Å². The van der Waals surface area contributed by atoms with E-state index in [1.54, 1.807) is 0 Å². The van der Waals surface area contributed by atoms with Crippen LogP contribution in [0, 0.1) is 0 Å². The molecular weight excluding hydrogens is 318 g/mol. The Morgan fingerprint density at radius 3 is 2.50 bits per heavy atom. The highest BCUT2D eigenvalue weighted by Crippen LogP contribution is 2.20. The van der Waals surface area contributed by atoms with Crippen LogP contribution in [0.15, 0.2) is 30.3 Å². The highest BCUT2D eigenvalue weighted by atomic mass is 32.2. The molecule has 2 aliphatic rings. The molecule has 4 nitrogen and oxygen atoms in total. The zero-order valence-electron chi connectivity index (χ0n) is 14.5. The van der Waals surface area contributed by atoms with Gasteiger partial charge in [0.2, 0.25) is 5.91 Å². The van der Waals surface area contributed by atoms with E-state index < -0.39 is 0 Å². The Bertz CT molecular complexity index is 497. The molecule has 1 aromatic rings. The van der Waals surface area contributed by atoms with Crippen LogP contribution in [-0.4, -0.2) is 72.5 Å². The molecule has 24 heavy (non-hydrogen) atoms. The predicted molar refractivity (Wildman–Crippen MR) is 102 cm³/mol. The monoisotopic (exact) mass is 347 g/mol. The normalized spacial score (nSPS) is 20.8. The van der Waals surface area contributed by atoms with Crippen LogP contribution in [0.5, 0.6) is 0 Å². The number of nitrogens with one attached hydrogen (secondary N) is 1. The zero-order valence-corrected chi connectivity index (χ0v) is 15.3. The molecular formula is C19H29N3OS. The van der Waals surface area contributed by atoms with E-state index in [1.165, 1.54) is 43.0 Å². The number of amides is 1. The van der Waals surface area contributed by atoms with Gasteiger partial charge < -0.3 is 5.32 Å². The van der Waals surface area contributed by atoms with Crippen molar-refractivity contribution in [3.8, 4) is 0 Å². The molecule has 0 aliphatic carbocycles. The van der Waals surface area contributed by atoms with E-state index in [-0.39, 0.29) is 5.91 Å². The number of thioether (sulfide) groups is 1. The highest BCUT2D eigenvalue weighted by molar-refractivity contribution is 7.99. The number of benzene rings is 1. The molecule has 0 radical (unpaired) electrons. The van der Waals surface area contributed by atoms with Crippen LogP contribution in [0.25, 0.3) is 0 Å². The van der Waals surface area contributed by atoms with E-state index >= 15 is 0 Å². The van der Waals surface area contributed by atoms with Crippen LogP contribution in [0.4, 0.5) is 0 Å². The van der Waals surface area contributed by atoms with Crippen LogP contribution < -0.4 is 5.32 Å². The molecule has 1 amide bonds. The molecule has 0 atom stereocenters. The van der Waals surface area contributed by atoms with Gasteiger partial charge >= 0.3 is 0 Å². The second-order valence-electron chi connectivity index (χ2n) is 6.74. The second kappa shape index (κ2) is 9.44. The summed E-state index contributed by atoms with van der Waals surface area (Å²) in [6.07, 6.45) is 3.32. The van der Waals surface area contributed by atoms with Gasteiger partial charge in [0, 0.05) is 50.3 Å². The van der Waals surface area contributed by atoms with Gasteiger partial charge in [0.05, 0.1) is 6.54 Å². The summed E-state index contributed by atoms with van der Waals surface area (Å²) >= 11 is 2.07. The van der Waals surface area contributed by atoms with E-state index in [9.17, 15) is 4.79 Å². The molecule has 132 valence electrons. The minimum atomic E-state index is 0.166. The molecule has 2 fully saturated rings. The van der Waals surface area contributed by atoms with E-state index in [2.05, 4.69) is 39.0 Å². The van der Waals surface area contributed by atoms with Crippen molar-refractivity contribution < 1.29 is 4.79 Å². The summed E-state index contributed by atoms with van der Waals surface area (Å²) in [5, 5.41) is 3.06. The Labute approximate surface area is 150 Å². The van der Waals surface area contributed by atoms with Gasteiger partial charge in [-0.25, -0.2) is 0 Å². The van der Waals surface area contributed by atoms with Crippen molar-refractivity contribution in [2.75, 3.05) is 50.8 Å². The first kappa shape index (κ1) is 17.8. The van der Waals surface area contributed by atoms with Gasteiger partial charge in [-0.3, -0.25) is 14.6 Å². The standard InChI is InChI=1S/C19H29N3OS/c23-19(20-9-6-17-4-2-1-3-5-17)16-21-10-7-18(8-11-21)22-12-14-24-15-13-22/h1-5,18H,6-16H2,(H,20,23). The molecule has 0 unspecified atom stereocenters. The number of nitrogens with zero attached hydrogens (tertiary/aromatic N) is 2. The van der Waals surface area contributed by atoms with Crippen molar-refractivity contribution in [1.29, 1.82) is 0 Å². The largest absolute Gasteiger partial charge is 0.355 e. The molecule has 0 spiro atoms. The summed E-state index contributed by atoms with van der Waals surface area (Å²) in [6.45, 7) is 5.88. The summed E-state index contributed by atoms with van der Waals surface area (Å²) in [7, 11) is 0. The fourth-order valence-electron chi connectivity index (χ4n) is 3.64. The van der Waals surface area contributed by atoms with Crippen molar-refractivity contribution in [2.45, 2.75) is 25.3 Å². The minimum absolute atomic E-state index is 0.166. The SMILES string of the molecule is O=C(CN1CCC(N2CCSCC2)CC1)NCCc1ccccc1. The van der Waals surface area contributed by atoms with Crippen molar-refractivity contribution in [1.82, 2.24) is 15.1 Å². The average molecular weight is 348 g/mol. The lowest BCUT2D eigenvalue weighted by molar-refractivity contribution is -0.122. The number of likely N-dealkylation sites (tertiary alicyclic amines) is 1. The summed E-state index contributed by atoms with van der Waals surface area (Å²) < 4.78 is 0. The summed E-state index contributed by atoms with van der Waals surface area (Å²) in [4.78, 5) is 17.1. The number of hydrogen-bond donors (Lipinski definition) is 1. The van der Waals surface area contributed by atoms with Gasteiger partial charge in [-0.1, -0.05) is 30.3 Å². The smallest absolute Gasteiger partial charge is 0.234 e. The predicted octanol–water partition coefficient (Wildman–Crippen LogP) is 1.86. The third kappa shape index (κ3) is 5.50. The Morgan fingerprint density at radius 1 is 1.08 bits per heavy atom. The van der Waals surface area contributed by atoms with E-state index in [0.717, 1.165) is 32.1 Å². The molecule has 2 aliphatic heterocycles. The van der Waals surface area contributed by atoms with Gasteiger partial charge in [0.1, 0.15) is 0 Å². The number of carbonyl (C=O) groups is 1. The molecule has 2 saturated heterocycles. The van der Waals surface area contributed by atoms with E-state index in [4.69, 9.17) is 0 Å². The van der Waals surface area contributed by atoms with Crippen LogP contribution in [0.3, 0.4) is 0 Å². The van der Waals surface area contributed by atoms with Gasteiger partial charge in [-0.2, -0.15) is 11.8 Å². The third-order valence-corrected chi connectivity index (χ3v) is 6.01. The molecule has 1 aromatic carbocycles. The van der Waals surface area contributed by atoms with Crippen LogP contribution in [0.2, 0.25) is 0 Å². The number of hydrogen-bond acceptors (Lipinski definition) is 4. The molecule has 5 heteroatoms. The Morgan fingerprint density at radius 2 is 1.79 bits per heavy atom. The molecule has 0 bridgehead atoms. The summed E-state index contributed by atoms with van der Waals surface area (Å²) in [6, 6.07) is 11.1. The highest BCUT2D eigenvalue weighted by Gasteiger charge is 2.26. The zero-order chi connectivity index (χ0) is 16.6. The Hall–Kier alpha value is -1.04. The maximum atomic E-state index is 12.1. The lowest BCUT2D eigenvalue weighted by Gasteiger charge is -2.39. The first-order valence-electron chi connectivity index (χ1n) is 9.16. The molecule has 0 saturated carbocycles. The molecule has 3 rings (SSSR count). The van der Waals surface area contributed by atoms with Crippen LogP contribution in [-0.2, 0) is 11.2 Å². The van der Waals surface area contributed by atoms with E-state index in [1.807, 2.05) is 18.2 Å². The number of rotatable bonds is 6. The minimum Gasteiger partial charge on any atom is -0.355 e. The topological polar surface area (TPSA) is 35.6 Å². The number of carbonyl (C=O) groups excluding carboxylic acids is 1. The first-order chi connectivity index (χ1) is 11.8. The van der Waals surface area contributed by atoms with E-state index in [0.29, 0.717) is 6.54 Å². The molecule has 1 N–H and O–H groups in total. The van der Waals surface area contributed by atoms with Gasteiger partial charge in [0.25, 0.3) is 0 Å². The first-order valence-corrected chi connectivity index (χ1v) is 10.3. The van der Waals surface area contributed by atoms with Gasteiger partial charge in [-0.05, 0) is 24.8 Å². The van der Waals surface area contributed by atoms with Crippen molar-refractivity contribution in [3.63, 3.8) is 0 Å². The lowest BCUT2D eigenvalue weighted by Crippen LogP contribution is -2.49. The summed E-state index contributed by atoms with van der Waals surface area (Å²) in [5.41, 5.74) is 1.28. The second-order valence-corrected chi connectivity index (χ2v) is 7.97. The van der Waals surface area contributed by atoms with Crippen molar-refractivity contribution >= 4 is 17.7 Å². The van der Waals surface area contributed by atoms with Crippen molar-refractivity contribution in [3.05, 3.63) is 35.9 Å². The molecule has 2 heterocycles. The summed E-state index contributed by atoms with van der Waals surface area (Å²) in [5.74, 6) is 2.73. The van der Waals surface area contributed by atoms with Gasteiger partial charge in [0.15, 0.2) is 0 Å². The Balaban J connectivity index is 1.31. The van der Waals surface area contributed by atoms with Crippen LogP contribution in [0.1, 0.15) is 18.4 Å². The van der Waals surface area contributed by atoms with Gasteiger partial charge in [-0.15, -0.1) is 0 Å². The fraction of sp³-hybridized carbons (Fsp3) is 0.632.